The normalized spacial score (nSPS) is 10.7. The summed E-state index contributed by atoms with van der Waals surface area (Å²) >= 11 is 0. The Labute approximate surface area is 157 Å². The Kier molecular flexibility index (Phi) is 4.58. The van der Waals surface area contributed by atoms with Crippen molar-refractivity contribution in [1.82, 2.24) is 14.7 Å². The van der Waals surface area contributed by atoms with E-state index in [4.69, 9.17) is 4.98 Å². The Hall–Kier alpha value is -3.60. The third kappa shape index (κ3) is 3.67. The van der Waals surface area contributed by atoms with Gasteiger partial charge >= 0.3 is 6.03 Å². The molecule has 2 amide bonds. The van der Waals surface area contributed by atoms with Gasteiger partial charge in [-0.3, -0.25) is 9.72 Å². The summed E-state index contributed by atoms with van der Waals surface area (Å²) in [6.45, 7) is 2.50. The molecule has 134 valence electrons. The first kappa shape index (κ1) is 16.8. The van der Waals surface area contributed by atoms with Gasteiger partial charge < -0.3 is 5.32 Å². The number of nitrogens with zero attached hydrogens (tertiary/aromatic N) is 2. The fourth-order valence-electron chi connectivity index (χ4n) is 3.04. The van der Waals surface area contributed by atoms with Crippen LogP contribution in [-0.2, 0) is 6.54 Å². The van der Waals surface area contributed by atoms with E-state index in [0.717, 1.165) is 28.0 Å². The average molecular weight is 356 g/mol. The van der Waals surface area contributed by atoms with Crippen LogP contribution in [0.5, 0.6) is 0 Å². The molecule has 0 atom stereocenters. The Morgan fingerprint density at radius 1 is 1.00 bits per heavy atom. The molecular formula is C22H20N4O. The lowest BCUT2D eigenvalue weighted by atomic mass is 10.1. The molecule has 0 aliphatic carbocycles. The maximum atomic E-state index is 12.5. The minimum absolute atomic E-state index is 0.265. The van der Waals surface area contributed by atoms with Crippen molar-refractivity contribution >= 4 is 17.5 Å². The molecule has 4 rings (SSSR count). The van der Waals surface area contributed by atoms with Crippen molar-refractivity contribution in [2.45, 2.75) is 13.5 Å². The van der Waals surface area contributed by atoms with Crippen LogP contribution in [-0.4, -0.2) is 15.4 Å². The van der Waals surface area contributed by atoms with Crippen molar-refractivity contribution in [3.63, 3.8) is 0 Å². The second-order valence-corrected chi connectivity index (χ2v) is 6.40. The van der Waals surface area contributed by atoms with Crippen molar-refractivity contribution in [2.24, 2.45) is 0 Å². The molecule has 0 bridgehead atoms. The molecule has 2 heterocycles. The minimum atomic E-state index is -0.265. The van der Waals surface area contributed by atoms with Gasteiger partial charge in [0.2, 0.25) is 0 Å². The number of amides is 2. The van der Waals surface area contributed by atoms with Crippen LogP contribution in [0.3, 0.4) is 0 Å². The number of hydrogen-bond donors (Lipinski definition) is 2. The van der Waals surface area contributed by atoms with Crippen LogP contribution in [0.4, 0.5) is 10.6 Å². The number of anilines is 1. The molecule has 0 unspecified atom stereocenters. The molecule has 0 radical (unpaired) electrons. The van der Waals surface area contributed by atoms with Gasteiger partial charge in [-0.05, 0) is 30.7 Å². The Morgan fingerprint density at radius 2 is 1.81 bits per heavy atom. The van der Waals surface area contributed by atoms with E-state index in [9.17, 15) is 4.79 Å². The van der Waals surface area contributed by atoms with E-state index in [1.54, 1.807) is 0 Å². The fourth-order valence-corrected chi connectivity index (χ4v) is 3.04. The molecular weight excluding hydrogens is 336 g/mol. The highest BCUT2D eigenvalue weighted by molar-refractivity contribution is 5.93. The maximum Gasteiger partial charge on any atom is 0.320 e. The minimum Gasteiger partial charge on any atom is -0.334 e. The number of pyridine rings is 1. The van der Waals surface area contributed by atoms with Gasteiger partial charge in [0.05, 0.1) is 0 Å². The van der Waals surface area contributed by atoms with E-state index >= 15 is 0 Å². The van der Waals surface area contributed by atoms with Crippen molar-refractivity contribution in [3.8, 4) is 11.3 Å². The summed E-state index contributed by atoms with van der Waals surface area (Å²) in [5, 5.41) is 5.87. The number of urea groups is 1. The second-order valence-electron chi connectivity index (χ2n) is 6.40. The number of imidazole rings is 1. The number of fused-ring (bicyclic) bond motifs is 1. The summed E-state index contributed by atoms with van der Waals surface area (Å²) in [5.74, 6) is 0.654. The summed E-state index contributed by atoms with van der Waals surface area (Å²) in [5.41, 5.74) is 4.69. The molecule has 2 aromatic carbocycles. The summed E-state index contributed by atoms with van der Waals surface area (Å²) in [4.78, 5) is 17.2. The molecule has 0 saturated carbocycles. The lowest BCUT2D eigenvalue weighted by molar-refractivity contribution is 0.251. The number of hydrogen-bond acceptors (Lipinski definition) is 2. The van der Waals surface area contributed by atoms with Gasteiger partial charge in [-0.15, -0.1) is 0 Å². The molecule has 2 N–H and O–H groups in total. The number of carbonyl (C=O) groups is 1. The highest BCUT2D eigenvalue weighted by atomic mass is 16.2. The lowest BCUT2D eigenvalue weighted by Gasteiger charge is -2.10. The zero-order chi connectivity index (χ0) is 18.6. The highest BCUT2D eigenvalue weighted by Crippen LogP contribution is 2.29. The molecule has 27 heavy (non-hydrogen) atoms. The van der Waals surface area contributed by atoms with Gasteiger partial charge in [-0.1, -0.05) is 60.2 Å². The van der Waals surface area contributed by atoms with E-state index < -0.39 is 0 Å². The predicted octanol–water partition coefficient (Wildman–Crippen LogP) is 4.63. The van der Waals surface area contributed by atoms with Gasteiger partial charge in [0.1, 0.15) is 17.2 Å². The van der Waals surface area contributed by atoms with Gasteiger partial charge in [-0.2, -0.15) is 0 Å². The second kappa shape index (κ2) is 7.33. The first-order valence-corrected chi connectivity index (χ1v) is 8.83. The van der Waals surface area contributed by atoms with E-state index in [0.29, 0.717) is 12.4 Å². The SMILES string of the molecule is Cc1cccc(-c2nc3ccccn3c2NC(=O)NCc2ccccc2)c1. The molecule has 2 aromatic heterocycles. The van der Waals surface area contributed by atoms with Crippen molar-refractivity contribution in [3.05, 3.63) is 90.1 Å². The zero-order valence-corrected chi connectivity index (χ0v) is 15.0. The summed E-state index contributed by atoms with van der Waals surface area (Å²) < 4.78 is 1.89. The largest absolute Gasteiger partial charge is 0.334 e. The number of rotatable bonds is 4. The van der Waals surface area contributed by atoms with Gasteiger partial charge in [0, 0.05) is 18.3 Å². The first-order valence-electron chi connectivity index (χ1n) is 8.83. The standard InChI is InChI=1S/C22H20N4O/c1-16-8-7-11-18(14-16)20-21(26-13-6-5-12-19(26)24-20)25-22(27)23-15-17-9-3-2-4-10-17/h2-14H,15H2,1H3,(H2,23,25,27). The molecule has 0 aliphatic heterocycles. The number of aryl methyl sites for hydroxylation is 1. The zero-order valence-electron chi connectivity index (χ0n) is 15.0. The number of benzene rings is 2. The third-order valence-electron chi connectivity index (χ3n) is 4.35. The molecule has 0 fully saturated rings. The number of aromatic nitrogens is 2. The Bertz CT molecular complexity index is 1090. The lowest BCUT2D eigenvalue weighted by Crippen LogP contribution is -2.28. The molecule has 4 aromatic rings. The van der Waals surface area contributed by atoms with Crippen LogP contribution in [0.2, 0.25) is 0 Å². The van der Waals surface area contributed by atoms with Crippen molar-refractivity contribution < 1.29 is 4.79 Å². The number of nitrogens with one attached hydrogen (secondary N) is 2. The molecule has 5 heteroatoms. The van der Waals surface area contributed by atoms with Crippen LogP contribution in [0.25, 0.3) is 16.9 Å². The fraction of sp³-hybridized carbons (Fsp3) is 0.0909. The maximum absolute atomic E-state index is 12.5. The van der Waals surface area contributed by atoms with Gasteiger partial charge in [0.25, 0.3) is 0 Å². The topological polar surface area (TPSA) is 58.4 Å². The van der Waals surface area contributed by atoms with E-state index in [1.165, 1.54) is 0 Å². The number of carbonyl (C=O) groups excluding carboxylic acids is 1. The highest BCUT2D eigenvalue weighted by Gasteiger charge is 2.16. The van der Waals surface area contributed by atoms with E-state index in [1.807, 2.05) is 84.3 Å². The average Bonchev–Trinajstić information content (AvgIpc) is 3.06. The van der Waals surface area contributed by atoms with Crippen molar-refractivity contribution in [2.75, 3.05) is 5.32 Å². The van der Waals surface area contributed by atoms with Crippen LogP contribution in [0.15, 0.2) is 79.0 Å². The van der Waals surface area contributed by atoms with Gasteiger partial charge in [-0.25, -0.2) is 9.78 Å². The van der Waals surface area contributed by atoms with E-state index in [-0.39, 0.29) is 6.03 Å². The molecule has 5 nitrogen and oxygen atoms in total. The summed E-state index contributed by atoms with van der Waals surface area (Å²) in [6.07, 6.45) is 1.90. The third-order valence-corrected chi connectivity index (χ3v) is 4.35. The monoisotopic (exact) mass is 356 g/mol. The molecule has 0 saturated heterocycles. The first-order chi connectivity index (χ1) is 13.2. The smallest absolute Gasteiger partial charge is 0.320 e. The summed E-state index contributed by atoms with van der Waals surface area (Å²) in [7, 11) is 0. The molecule has 0 aliphatic rings. The van der Waals surface area contributed by atoms with Gasteiger partial charge in [0.15, 0.2) is 0 Å². The Balaban J connectivity index is 1.63. The van der Waals surface area contributed by atoms with Crippen LogP contribution < -0.4 is 10.6 Å². The van der Waals surface area contributed by atoms with Crippen LogP contribution in [0.1, 0.15) is 11.1 Å². The quantitative estimate of drug-likeness (QED) is 0.560. The molecule has 0 spiro atoms. The van der Waals surface area contributed by atoms with Crippen molar-refractivity contribution in [1.29, 1.82) is 0 Å². The van der Waals surface area contributed by atoms with Crippen LogP contribution >= 0.6 is 0 Å². The predicted molar refractivity (Wildman–Crippen MR) is 108 cm³/mol. The van der Waals surface area contributed by atoms with E-state index in [2.05, 4.69) is 16.7 Å². The van der Waals surface area contributed by atoms with Crippen LogP contribution in [0, 0.1) is 6.92 Å². The Morgan fingerprint density at radius 3 is 2.63 bits per heavy atom. The summed E-state index contributed by atoms with van der Waals surface area (Å²) in [6, 6.07) is 23.4.